The van der Waals surface area contributed by atoms with Crippen molar-refractivity contribution in [2.24, 2.45) is 4.99 Å². The summed E-state index contributed by atoms with van der Waals surface area (Å²) in [6.07, 6.45) is 23.9. The van der Waals surface area contributed by atoms with E-state index in [-0.39, 0.29) is 6.61 Å². The van der Waals surface area contributed by atoms with Crippen LogP contribution in [-0.4, -0.2) is 29.8 Å². The topological polar surface area (TPSA) is 41.8 Å². The number of allylic oxidation sites excluding steroid dienone is 4. The van der Waals surface area contributed by atoms with Gasteiger partial charge in [-0.2, -0.15) is 0 Å². The van der Waals surface area contributed by atoms with E-state index in [2.05, 4.69) is 36.2 Å². The maximum Gasteiger partial charge on any atom is 0.184 e. The zero-order chi connectivity index (χ0) is 18.2. The first-order valence-electron chi connectivity index (χ1n) is 10.3. The molecular weight excluding hydrogens is 310 g/mol. The summed E-state index contributed by atoms with van der Waals surface area (Å²) in [5.74, 6) is 0.835. The third-order valence-electron chi connectivity index (χ3n) is 4.63. The molecule has 0 aromatic rings. The zero-order valence-electron chi connectivity index (χ0n) is 16.5. The van der Waals surface area contributed by atoms with E-state index < -0.39 is 5.54 Å². The quantitative estimate of drug-likeness (QED) is 0.292. The Morgan fingerprint density at radius 3 is 2.24 bits per heavy atom. The van der Waals surface area contributed by atoms with Crippen molar-refractivity contribution < 1.29 is 9.84 Å². The summed E-state index contributed by atoms with van der Waals surface area (Å²) in [7, 11) is 0. The van der Waals surface area contributed by atoms with Crippen molar-refractivity contribution in [3.63, 3.8) is 0 Å². The van der Waals surface area contributed by atoms with Crippen LogP contribution in [0.25, 0.3) is 0 Å². The monoisotopic (exact) mass is 349 g/mol. The average molecular weight is 350 g/mol. The largest absolute Gasteiger partial charge is 0.478 e. The highest BCUT2D eigenvalue weighted by molar-refractivity contribution is 5.78. The molecule has 25 heavy (non-hydrogen) atoms. The van der Waals surface area contributed by atoms with E-state index in [1.807, 2.05) is 6.92 Å². The molecule has 1 atom stereocenters. The first kappa shape index (κ1) is 22.0. The fourth-order valence-electron chi connectivity index (χ4n) is 2.90. The van der Waals surface area contributed by atoms with Gasteiger partial charge in [0.1, 0.15) is 12.1 Å². The first-order valence-corrected chi connectivity index (χ1v) is 10.3. The second kappa shape index (κ2) is 14.1. The highest BCUT2D eigenvalue weighted by Gasteiger charge is 2.30. The van der Waals surface area contributed by atoms with Crippen molar-refractivity contribution in [2.45, 2.75) is 96.4 Å². The molecule has 0 amide bonds. The van der Waals surface area contributed by atoms with Crippen LogP contribution in [0.5, 0.6) is 0 Å². The highest BCUT2D eigenvalue weighted by atomic mass is 16.5. The van der Waals surface area contributed by atoms with Gasteiger partial charge in [-0.1, -0.05) is 63.3 Å². The maximum absolute atomic E-state index is 9.25. The normalized spacial score (nSPS) is 20.5. The van der Waals surface area contributed by atoms with E-state index in [1.54, 1.807) is 0 Å². The van der Waals surface area contributed by atoms with Crippen molar-refractivity contribution in [1.29, 1.82) is 0 Å². The van der Waals surface area contributed by atoms with Crippen LogP contribution in [0, 0.1) is 0 Å². The maximum atomic E-state index is 9.25. The van der Waals surface area contributed by atoms with Crippen LogP contribution >= 0.6 is 0 Å². The Morgan fingerprint density at radius 1 is 0.960 bits per heavy atom. The van der Waals surface area contributed by atoms with Gasteiger partial charge < -0.3 is 9.84 Å². The van der Waals surface area contributed by atoms with Gasteiger partial charge in [0.05, 0.1) is 6.61 Å². The SMILES string of the molecule is CCCCC/C=C\C/C=C/CCCCCCCC1=NC(C)(CO)CO1. The molecule has 0 bridgehead atoms. The summed E-state index contributed by atoms with van der Waals surface area (Å²) in [6, 6.07) is 0. The minimum atomic E-state index is -0.396. The zero-order valence-corrected chi connectivity index (χ0v) is 16.5. The Balaban J connectivity index is 1.87. The molecule has 1 rings (SSSR count). The van der Waals surface area contributed by atoms with Gasteiger partial charge in [0.2, 0.25) is 0 Å². The van der Waals surface area contributed by atoms with Gasteiger partial charge in [0, 0.05) is 6.42 Å². The number of rotatable bonds is 15. The van der Waals surface area contributed by atoms with Gasteiger partial charge in [-0.05, 0) is 45.4 Å². The number of aliphatic hydroxyl groups excluding tert-OH is 1. The van der Waals surface area contributed by atoms with Crippen LogP contribution in [0.3, 0.4) is 0 Å². The van der Waals surface area contributed by atoms with Crippen molar-refractivity contribution in [2.75, 3.05) is 13.2 Å². The number of hydrogen-bond acceptors (Lipinski definition) is 3. The van der Waals surface area contributed by atoms with Gasteiger partial charge in [-0.25, -0.2) is 4.99 Å². The third kappa shape index (κ3) is 11.2. The molecule has 0 spiro atoms. The summed E-state index contributed by atoms with van der Waals surface area (Å²) >= 11 is 0. The molecule has 0 radical (unpaired) electrons. The second-order valence-corrected chi connectivity index (χ2v) is 7.43. The lowest BCUT2D eigenvalue weighted by molar-refractivity contribution is 0.169. The van der Waals surface area contributed by atoms with Gasteiger partial charge >= 0.3 is 0 Å². The van der Waals surface area contributed by atoms with E-state index in [0.29, 0.717) is 6.61 Å². The number of aliphatic imine (C=N–C) groups is 1. The van der Waals surface area contributed by atoms with Gasteiger partial charge in [-0.15, -0.1) is 0 Å². The van der Waals surface area contributed by atoms with Gasteiger partial charge in [0.15, 0.2) is 5.90 Å². The minimum Gasteiger partial charge on any atom is -0.478 e. The van der Waals surface area contributed by atoms with Crippen LogP contribution in [0.4, 0.5) is 0 Å². The molecule has 1 unspecified atom stereocenters. The van der Waals surface area contributed by atoms with Crippen LogP contribution in [0.1, 0.15) is 90.9 Å². The number of hydrogen-bond donors (Lipinski definition) is 1. The molecule has 1 aliphatic rings. The number of unbranched alkanes of at least 4 members (excludes halogenated alkanes) is 8. The van der Waals surface area contributed by atoms with E-state index in [1.165, 1.54) is 57.8 Å². The van der Waals surface area contributed by atoms with Crippen LogP contribution in [-0.2, 0) is 4.74 Å². The number of nitrogens with zero attached hydrogens (tertiary/aromatic N) is 1. The Hall–Kier alpha value is -1.09. The minimum absolute atomic E-state index is 0.0681. The van der Waals surface area contributed by atoms with E-state index in [4.69, 9.17) is 4.74 Å². The molecule has 3 nitrogen and oxygen atoms in total. The smallest absolute Gasteiger partial charge is 0.184 e. The lowest BCUT2D eigenvalue weighted by Gasteiger charge is -2.12. The molecule has 1 heterocycles. The summed E-state index contributed by atoms with van der Waals surface area (Å²) in [5, 5.41) is 9.25. The molecule has 0 aliphatic carbocycles. The Morgan fingerprint density at radius 2 is 1.60 bits per heavy atom. The van der Waals surface area contributed by atoms with E-state index >= 15 is 0 Å². The molecule has 0 saturated heterocycles. The molecular formula is C22H39NO2. The Bertz CT molecular complexity index is 414. The summed E-state index contributed by atoms with van der Waals surface area (Å²) < 4.78 is 5.55. The van der Waals surface area contributed by atoms with Crippen LogP contribution < -0.4 is 0 Å². The average Bonchev–Trinajstić information content (AvgIpc) is 3.00. The van der Waals surface area contributed by atoms with Crippen molar-refractivity contribution >= 4 is 5.90 Å². The van der Waals surface area contributed by atoms with Crippen molar-refractivity contribution in [1.82, 2.24) is 0 Å². The lowest BCUT2D eigenvalue weighted by atomic mass is 10.1. The number of ether oxygens (including phenoxy) is 1. The van der Waals surface area contributed by atoms with E-state index in [9.17, 15) is 5.11 Å². The summed E-state index contributed by atoms with van der Waals surface area (Å²) in [4.78, 5) is 4.47. The summed E-state index contributed by atoms with van der Waals surface area (Å²) in [6.45, 7) is 4.78. The highest BCUT2D eigenvalue weighted by Crippen LogP contribution is 2.20. The molecule has 1 aliphatic heterocycles. The van der Waals surface area contributed by atoms with E-state index in [0.717, 1.165) is 25.2 Å². The second-order valence-electron chi connectivity index (χ2n) is 7.43. The molecule has 0 aromatic carbocycles. The molecule has 0 saturated carbocycles. The van der Waals surface area contributed by atoms with Gasteiger partial charge in [0.25, 0.3) is 0 Å². The molecule has 0 fully saturated rings. The predicted octanol–water partition coefficient (Wildman–Crippen LogP) is 5.98. The Kier molecular flexibility index (Phi) is 12.4. The molecule has 0 aromatic heterocycles. The molecule has 1 N–H and O–H groups in total. The fourth-order valence-corrected chi connectivity index (χ4v) is 2.90. The van der Waals surface area contributed by atoms with Crippen LogP contribution in [0.15, 0.2) is 29.3 Å². The summed E-state index contributed by atoms with van der Waals surface area (Å²) in [5.41, 5.74) is -0.396. The predicted molar refractivity (Wildman–Crippen MR) is 108 cm³/mol. The third-order valence-corrected chi connectivity index (χ3v) is 4.63. The number of aliphatic hydroxyl groups is 1. The van der Waals surface area contributed by atoms with Crippen molar-refractivity contribution in [3.05, 3.63) is 24.3 Å². The van der Waals surface area contributed by atoms with Crippen LogP contribution in [0.2, 0.25) is 0 Å². The first-order chi connectivity index (χ1) is 12.2. The lowest BCUT2D eigenvalue weighted by Crippen LogP contribution is -2.28. The molecule has 3 heteroatoms. The fraction of sp³-hybridized carbons (Fsp3) is 0.773. The molecule has 144 valence electrons. The Labute approximate surface area is 155 Å². The standard InChI is InChI=1S/C22H39NO2/c1-3-4-5-6-7-8-9-10-11-12-13-14-15-16-17-18-21-23-22(2,19-24)20-25-21/h7-8,10-11,24H,3-6,9,12-20H2,1-2H3/b8-7-,11-10+. The van der Waals surface area contributed by atoms with Crippen molar-refractivity contribution in [3.8, 4) is 0 Å². The van der Waals surface area contributed by atoms with Gasteiger partial charge in [-0.3, -0.25) is 0 Å².